The summed E-state index contributed by atoms with van der Waals surface area (Å²) >= 11 is 0. The molecule has 0 spiro atoms. The summed E-state index contributed by atoms with van der Waals surface area (Å²) in [6, 6.07) is 5.29. The normalized spacial score (nSPS) is 18.1. The minimum atomic E-state index is 0.678. The fourth-order valence-electron chi connectivity index (χ4n) is 3.33. The van der Waals surface area contributed by atoms with Crippen molar-refractivity contribution >= 4 is 16.7 Å². The van der Waals surface area contributed by atoms with Gasteiger partial charge in [-0.15, -0.1) is 0 Å². The number of nitrogens with zero attached hydrogens (tertiary/aromatic N) is 1. The van der Waals surface area contributed by atoms with Crippen LogP contribution in [-0.2, 0) is 12.8 Å². The van der Waals surface area contributed by atoms with Crippen LogP contribution < -0.4 is 5.32 Å². The predicted molar refractivity (Wildman–Crippen MR) is 84.5 cm³/mol. The lowest BCUT2D eigenvalue weighted by molar-refractivity contribution is 0.688. The van der Waals surface area contributed by atoms with Gasteiger partial charge in [-0.1, -0.05) is 0 Å². The third-order valence-electron chi connectivity index (χ3n) is 4.84. The van der Waals surface area contributed by atoms with Gasteiger partial charge < -0.3 is 5.32 Å². The molecule has 1 N–H and O–H groups in total. The maximum Gasteiger partial charge on any atom is 0.130 e. The van der Waals surface area contributed by atoms with Crippen molar-refractivity contribution in [3.63, 3.8) is 0 Å². The summed E-state index contributed by atoms with van der Waals surface area (Å²) < 4.78 is 0. The Bertz CT molecular complexity index is 684. The molecule has 4 rings (SSSR count). The molecule has 1 aromatic heterocycles. The van der Waals surface area contributed by atoms with E-state index >= 15 is 0 Å². The largest absolute Gasteiger partial charge is 0.367 e. The molecule has 2 aliphatic rings. The first kappa shape index (κ1) is 12.2. The van der Waals surface area contributed by atoms with Gasteiger partial charge in [-0.05, 0) is 86.8 Å². The summed E-state index contributed by atoms with van der Waals surface area (Å²) in [5.74, 6) is 1.18. The average Bonchev–Trinajstić information content (AvgIpc) is 3.25. The molecule has 1 heterocycles. The van der Waals surface area contributed by atoms with Crippen LogP contribution in [0.3, 0.4) is 0 Å². The molecule has 0 bridgehead atoms. The monoisotopic (exact) mass is 266 g/mol. The standard InChI is InChI=1S/C18H22N2/c1-11-9-16-14-5-3-4-6-15(14)18(19-13-7-8-13)20-17(16)10-12(11)2/h9-10,13H,3-8H2,1-2H3,(H,19,20). The first-order valence-corrected chi connectivity index (χ1v) is 7.91. The smallest absolute Gasteiger partial charge is 0.130 e. The van der Waals surface area contributed by atoms with E-state index in [0.717, 1.165) is 0 Å². The minimum Gasteiger partial charge on any atom is -0.367 e. The highest BCUT2D eigenvalue weighted by atomic mass is 15.0. The van der Waals surface area contributed by atoms with Gasteiger partial charge in [0, 0.05) is 11.4 Å². The third kappa shape index (κ3) is 1.98. The quantitative estimate of drug-likeness (QED) is 0.876. The topological polar surface area (TPSA) is 24.9 Å². The number of anilines is 1. The molecule has 0 radical (unpaired) electrons. The molecule has 1 aromatic carbocycles. The van der Waals surface area contributed by atoms with E-state index in [2.05, 4.69) is 31.3 Å². The van der Waals surface area contributed by atoms with Crippen molar-refractivity contribution in [3.05, 3.63) is 34.4 Å². The SMILES string of the molecule is Cc1cc2nc(NC3CC3)c3c(c2cc1C)CCCC3. The Morgan fingerprint density at radius 3 is 2.45 bits per heavy atom. The van der Waals surface area contributed by atoms with E-state index in [9.17, 15) is 0 Å². The molecule has 0 saturated heterocycles. The van der Waals surface area contributed by atoms with Gasteiger partial charge in [-0.3, -0.25) is 0 Å². The number of benzene rings is 1. The van der Waals surface area contributed by atoms with E-state index in [4.69, 9.17) is 4.98 Å². The third-order valence-corrected chi connectivity index (χ3v) is 4.84. The van der Waals surface area contributed by atoms with Crippen LogP contribution in [0, 0.1) is 13.8 Å². The summed E-state index contributed by atoms with van der Waals surface area (Å²) in [4.78, 5) is 4.96. The molecule has 1 fully saturated rings. The summed E-state index contributed by atoms with van der Waals surface area (Å²) in [7, 11) is 0. The number of hydrogen-bond acceptors (Lipinski definition) is 2. The van der Waals surface area contributed by atoms with E-state index in [1.165, 1.54) is 71.9 Å². The van der Waals surface area contributed by atoms with Crippen LogP contribution in [-0.4, -0.2) is 11.0 Å². The van der Waals surface area contributed by atoms with Gasteiger partial charge >= 0.3 is 0 Å². The van der Waals surface area contributed by atoms with Gasteiger partial charge in [-0.25, -0.2) is 4.98 Å². The van der Waals surface area contributed by atoms with E-state index in [1.807, 2.05) is 0 Å². The molecule has 2 aromatic rings. The molecule has 0 amide bonds. The number of pyridine rings is 1. The fraction of sp³-hybridized carbons (Fsp3) is 0.500. The molecule has 104 valence electrons. The lowest BCUT2D eigenvalue weighted by Crippen LogP contribution is -2.12. The van der Waals surface area contributed by atoms with Crippen molar-refractivity contribution in [1.29, 1.82) is 0 Å². The Morgan fingerprint density at radius 1 is 1.00 bits per heavy atom. The van der Waals surface area contributed by atoms with Crippen molar-refractivity contribution in [2.45, 2.75) is 58.4 Å². The Hall–Kier alpha value is -1.57. The van der Waals surface area contributed by atoms with Crippen molar-refractivity contribution in [2.75, 3.05) is 5.32 Å². The maximum absolute atomic E-state index is 4.96. The number of nitrogens with one attached hydrogen (secondary N) is 1. The fourth-order valence-corrected chi connectivity index (χ4v) is 3.33. The van der Waals surface area contributed by atoms with Gasteiger partial charge in [0.05, 0.1) is 5.52 Å². The minimum absolute atomic E-state index is 0.678. The van der Waals surface area contributed by atoms with E-state index < -0.39 is 0 Å². The summed E-state index contributed by atoms with van der Waals surface area (Å²) in [5, 5.41) is 5.05. The lowest BCUT2D eigenvalue weighted by Gasteiger charge is -2.22. The van der Waals surface area contributed by atoms with Crippen molar-refractivity contribution < 1.29 is 0 Å². The predicted octanol–water partition coefficient (Wildman–Crippen LogP) is 4.30. The van der Waals surface area contributed by atoms with Crippen LogP contribution in [0.25, 0.3) is 10.9 Å². The van der Waals surface area contributed by atoms with Crippen LogP contribution >= 0.6 is 0 Å². The molecular weight excluding hydrogens is 244 g/mol. The van der Waals surface area contributed by atoms with Gasteiger partial charge in [0.1, 0.15) is 5.82 Å². The molecule has 0 unspecified atom stereocenters. The zero-order chi connectivity index (χ0) is 13.7. The first-order valence-electron chi connectivity index (χ1n) is 7.91. The van der Waals surface area contributed by atoms with Crippen molar-refractivity contribution in [2.24, 2.45) is 0 Å². The van der Waals surface area contributed by atoms with Crippen LogP contribution in [0.15, 0.2) is 12.1 Å². The number of aryl methyl sites for hydroxylation is 3. The highest BCUT2D eigenvalue weighted by Gasteiger charge is 2.25. The lowest BCUT2D eigenvalue weighted by atomic mass is 9.88. The molecular formula is C18H22N2. The molecule has 20 heavy (non-hydrogen) atoms. The summed E-state index contributed by atoms with van der Waals surface area (Å²) in [6.07, 6.45) is 7.66. The molecule has 2 aliphatic carbocycles. The summed E-state index contributed by atoms with van der Waals surface area (Å²) in [5.41, 5.74) is 6.97. The number of rotatable bonds is 2. The van der Waals surface area contributed by atoms with E-state index in [0.29, 0.717) is 6.04 Å². The number of aromatic nitrogens is 1. The molecule has 2 nitrogen and oxygen atoms in total. The molecule has 2 heteroatoms. The second kappa shape index (κ2) is 4.47. The van der Waals surface area contributed by atoms with Crippen LogP contribution in [0.4, 0.5) is 5.82 Å². The van der Waals surface area contributed by atoms with Crippen molar-refractivity contribution in [3.8, 4) is 0 Å². The zero-order valence-corrected chi connectivity index (χ0v) is 12.4. The summed E-state index contributed by atoms with van der Waals surface area (Å²) in [6.45, 7) is 4.39. The highest BCUT2D eigenvalue weighted by molar-refractivity contribution is 5.87. The second-order valence-corrected chi connectivity index (χ2v) is 6.50. The highest BCUT2D eigenvalue weighted by Crippen LogP contribution is 2.35. The Morgan fingerprint density at radius 2 is 1.70 bits per heavy atom. The Labute approximate surface area is 120 Å². The van der Waals surface area contributed by atoms with E-state index in [-0.39, 0.29) is 0 Å². The van der Waals surface area contributed by atoms with Crippen LogP contribution in [0.5, 0.6) is 0 Å². The van der Waals surface area contributed by atoms with E-state index in [1.54, 1.807) is 5.56 Å². The van der Waals surface area contributed by atoms with Gasteiger partial charge in [0.25, 0.3) is 0 Å². The van der Waals surface area contributed by atoms with Crippen LogP contribution in [0.2, 0.25) is 0 Å². The zero-order valence-electron chi connectivity index (χ0n) is 12.4. The molecule has 0 aliphatic heterocycles. The Balaban J connectivity index is 1.95. The van der Waals surface area contributed by atoms with Crippen molar-refractivity contribution in [1.82, 2.24) is 4.98 Å². The maximum atomic E-state index is 4.96. The van der Waals surface area contributed by atoms with Gasteiger partial charge in [0.2, 0.25) is 0 Å². The van der Waals surface area contributed by atoms with Crippen LogP contribution in [0.1, 0.15) is 47.9 Å². The second-order valence-electron chi connectivity index (χ2n) is 6.50. The van der Waals surface area contributed by atoms with Gasteiger partial charge in [-0.2, -0.15) is 0 Å². The number of hydrogen-bond donors (Lipinski definition) is 1. The molecule has 1 saturated carbocycles. The first-order chi connectivity index (χ1) is 9.72. The Kier molecular flexibility index (Phi) is 2.73. The molecule has 0 atom stereocenters. The van der Waals surface area contributed by atoms with Gasteiger partial charge in [0.15, 0.2) is 0 Å². The number of fused-ring (bicyclic) bond motifs is 3. The average molecular weight is 266 g/mol.